The maximum atomic E-state index is 6.40. The Hall–Kier alpha value is -0.326. The second kappa shape index (κ2) is 14.6. The first-order valence-electron chi connectivity index (χ1n) is 10.1. The molecule has 8 heteroatoms. The van der Waals surface area contributed by atoms with Crippen LogP contribution in [0.2, 0.25) is 5.16 Å². The van der Waals surface area contributed by atoms with Crippen LogP contribution in [0.5, 0.6) is 0 Å². The molecular weight excluding hydrogens is 378 g/mol. The minimum atomic E-state index is -2.99. The fourth-order valence-electron chi connectivity index (χ4n) is 3.26. The van der Waals surface area contributed by atoms with Gasteiger partial charge in [-0.05, 0) is 34.6 Å². The number of rotatable bonds is 18. The molecule has 0 aliphatic rings. The molecule has 6 nitrogen and oxygen atoms in total. The average Bonchev–Trinajstić information content (AvgIpc) is 2.62. The Balaban J connectivity index is 6.08. The SMILES string of the molecule is C=CCN(CC=C)C[Si](OCC)(OCC)C(C)[Si](OCC)(OCC)OCC. The smallest absolute Gasteiger partial charge is 0.394 e. The summed E-state index contributed by atoms with van der Waals surface area (Å²) in [7, 11) is -5.75. The van der Waals surface area contributed by atoms with Gasteiger partial charge in [-0.15, -0.1) is 13.2 Å². The van der Waals surface area contributed by atoms with Crippen molar-refractivity contribution in [1.29, 1.82) is 0 Å². The standard InChI is InChI=1S/C19H41NO5Si2/c1-9-16-20(17-10-2)18-26(21-11-3,22-12-4)19(8)27(23-13-5,24-14-6)25-15-7/h9-10,19H,1-2,11-18H2,3-8H3. The summed E-state index contributed by atoms with van der Waals surface area (Å²) in [6.07, 6.45) is 4.46. The van der Waals surface area contributed by atoms with E-state index < -0.39 is 17.4 Å². The summed E-state index contributed by atoms with van der Waals surface area (Å²) >= 11 is 0. The summed E-state index contributed by atoms with van der Waals surface area (Å²) < 4.78 is 31.4. The second-order valence-corrected chi connectivity index (χ2v) is 13.0. The maximum Gasteiger partial charge on any atom is 0.505 e. The van der Waals surface area contributed by atoms with Crippen molar-refractivity contribution in [1.82, 2.24) is 4.90 Å². The lowest BCUT2D eigenvalue weighted by molar-refractivity contribution is 0.0595. The molecule has 0 bridgehead atoms. The van der Waals surface area contributed by atoms with E-state index in [4.69, 9.17) is 22.1 Å². The van der Waals surface area contributed by atoms with Gasteiger partial charge in [-0.1, -0.05) is 19.1 Å². The Morgan fingerprint density at radius 2 is 1.11 bits per heavy atom. The van der Waals surface area contributed by atoms with E-state index in [0.717, 1.165) is 13.1 Å². The predicted molar refractivity (Wildman–Crippen MR) is 116 cm³/mol. The molecule has 0 spiro atoms. The van der Waals surface area contributed by atoms with Gasteiger partial charge in [-0.2, -0.15) is 0 Å². The molecule has 0 aliphatic carbocycles. The van der Waals surface area contributed by atoms with E-state index in [0.29, 0.717) is 39.2 Å². The molecular formula is C19H41NO5Si2. The summed E-state index contributed by atoms with van der Waals surface area (Å²) in [6.45, 7) is 24.0. The molecule has 0 amide bonds. The molecule has 0 N–H and O–H groups in total. The Kier molecular flexibility index (Phi) is 14.5. The Labute approximate surface area is 169 Å². The molecule has 1 unspecified atom stereocenters. The van der Waals surface area contributed by atoms with Gasteiger partial charge in [-0.3, -0.25) is 4.90 Å². The molecule has 27 heavy (non-hydrogen) atoms. The van der Waals surface area contributed by atoms with Crippen LogP contribution in [0, 0.1) is 0 Å². The van der Waals surface area contributed by atoms with E-state index in [2.05, 4.69) is 25.0 Å². The Bertz CT molecular complexity index is 379. The third-order valence-electron chi connectivity index (χ3n) is 4.22. The topological polar surface area (TPSA) is 49.4 Å². The zero-order valence-electron chi connectivity index (χ0n) is 18.3. The van der Waals surface area contributed by atoms with Crippen molar-refractivity contribution in [2.75, 3.05) is 52.3 Å². The van der Waals surface area contributed by atoms with E-state index in [9.17, 15) is 0 Å². The van der Waals surface area contributed by atoms with Crippen molar-refractivity contribution < 1.29 is 22.1 Å². The highest BCUT2D eigenvalue weighted by Crippen LogP contribution is 2.36. The molecule has 0 fully saturated rings. The Morgan fingerprint density at radius 3 is 1.41 bits per heavy atom. The number of nitrogens with zero attached hydrogens (tertiary/aromatic N) is 1. The van der Waals surface area contributed by atoms with Gasteiger partial charge in [-0.25, -0.2) is 0 Å². The van der Waals surface area contributed by atoms with Crippen LogP contribution in [0.3, 0.4) is 0 Å². The highest BCUT2D eigenvalue weighted by molar-refractivity contribution is 6.85. The molecule has 160 valence electrons. The van der Waals surface area contributed by atoms with Crippen molar-refractivity contribution in [2.24, 2.45) is 0 Å². The molecule has 0 saturated heterocycles. The van der Waals surface area contributed by atoms with Crippen LogP contribution in [0.1, 0.15) is 41.5 Å². The first-order chi connectivity index (χ1) is 13.0. The third-order valence-corrected chi connectivity index (χ3v) is 13.5. The van der Waals surface area contributed by atoms with E-state index >= 15 is 0 Å². The zero-order valence-corrected chi connectivity index (χ0v) is 20.3. The fraction of sp³-hybridized carbons (Fsp3) is 0.789. The lowest BCUT2D eigenvalue weighted by atomic mass is 10.5. The van der Waals surface area contributed by atoms with Crippen LogP contribution in [-0.2, 0) is 22.1 Å². The molecule has 0 aliphatic heterocycles. The van der Waals surface area contributed by atoms with Crippen LogP contribution in [0.25, 0.3) is 0 Å². The van der Waals surface area contributed by atoms with Gasteiger partial charge >= 0.3 is 17.4 Å². The summed E-state index contributed by atoms with van der Waals surface area (Å²) in [4.78, 5) is 2.25. The van der Waals surface area contributed by atoms with Crippen LogP contribution in [0.15, 0.2) is 25.3 Å². The van der Waals surface area contributed by atoms with Gasteiger partial charge in [0.15, 0.2) is 0 Å². The van der Waals surface area contributed by atoms with Gasteiger partial charge in [0.2, 0.25) is 0 Å². The normalized spacial score (nSPS) is 13.7. The lowest BCUT2D eigenvalue weighted by Gasteiger charge is -2.44. The molecule has 0 rings (SSSR count). The van der Waals surface area contributed by atoms with Gasteiger partial charge in [0.05, 0.1) is 5.16 Å². The van der Waals surface area contributed by atoms with E-state index in [1.807, 2.05) is 46.8 Å². The highest BCUT2D eigenvalue weighted by atomic mass is 28.4. The van der Waals surface area contributed by atoms with E-state index in [1.54, 1.807) is 0 Å². The van der Waals surface area contributed by atoms with E-state index in [-0.39, 0.29) is 5.16 Å². The first kappa shape index (κ1) is 26.7. The molecule has 0 aromatic heterocycles. The molecule has 0 saturated carbocycles. The monoisotopic (exact) mass is 419 g/mol. The molecule has 0 aromatic rings. The van der Waals surface area contributed by atoms with Crippen molar-refractivity contribution in [2.45, 2.75) is 46.7 Å². The van der Waals surface area contributed by atoms with Gasteiger partial charge < -0.3 is 22.1 Å². The fourth-order valence-corrected chi connectivity index (χ4v) is 12.0. The van der Waals surface area contributed by atoms with Crippen molar-refractivity contribution in [3.05, 3.63) is 25.3 Å². The summed E-state index contributed by atoms with van der Waals surface area (Å²) in [5, 5.41) is -0.0816. The molecule has 0 heterocycles. The molecule has 0 aromatic carbocycles. The minimum Gasteiger partial charge on any atom is -0.394 e. The quantitative estimate of drug-likeness (QED) is 0.249. The van der Waals surface area contributed by atoms with Crippen LogP contribution >= 0.6 is 0 Å². The van der Waals surface area contributed by atoms with Crippen LogP contribution in [-0.4, -0.2) is 74.6 Å². The number of hydrogen-bond acceptors (Lipinski definition) is 6. The number of hydrogen-bond donors (Lipinski definition) is 0. The van der Waals surface area contributed by atoms with Gasteiger partial charge in [0.1, 0.15) is 0 Å². The molecule has 1 atom stereocenters. The van der Waals surface area contributed by atoms with Crippen molar-refractivity contribution in [3.63, 3.8) is 0 Å². The van der Waals surface area contributed by atoms with Crippen molar-refractivity contribution >= 4 is 17.4 Å². The second-order valence-electron chi connectivity index (χ2n) is 6.07. The third kappa shape index (κ3) is 7.90. The summed E-state index contributed by atoms with van der Waals surface area (Å²) in [5.41, 5.74) is 0. The van der Waals surface area contributed by atoms with E-state index in [1.165, 1.54) is 0 Å². The van der Waals surface area contributed by atoms with Gasteiger partial charge in [0, 0.05) is 52.3 Å². The predicted octanol–water partition coefficient (Wildman–Crippen LogP) is 3.69. The van der Waals surface area contributed by atoms with Crippen LogP contribution < -0.4 is 0 Å². The highest BCUT2D eigenvalue weighted by Gasteiger charge is 2.61. The largest absolute Gasteiger partial charge is 0.505 e. The minimum absolute atomic E-state index is 0.0816. The summed E-state index contributed by atoms with van der Waals surface area (Å²) in [6, 6.07) is 0. The van der Waals surface area contributed by atoms with Crippen molar-refractivity contribution in [3.8, 4) is 0 Å². The molecule has 0 radical (unpaired) electrons. The van der Waals surface area contributed by atoms with Crippen LogP contribution in [0.4, 0.5) is 0 Å². The lowest BCUT2D eigenvalue weighted by Crippen LogP contribution is -2.65. The average molecular weight is 420 g/mol. The first-order valence-corrected chi connectivity index (χ1v) is 14.0. The Morgan fingerprint density at radius 1 is 0.741 bits per heavy atom. The van der Waals surface area contributed by atoms with Gasteiger partial charge in [0.25, 0.3) is 0 Å². The summed E-state index contributed by atoms with van der Waals surface area (Å²) in [5.74, 6) is 0. The zero-order chi connectivity index (χ0) is 20.8. The maximum absolute atomic E-state index is 6.40.